The predicted octanol–water partition coefficient (Wildman–Crippen LogP) is 3.86. The minimum absolute atomic E-state index is 0.0142. The van der Waals surface area contributed by atoms with Crippen LogP contribution >= 0.6 is 0 Å². The molecule has 1 aliphatic heterocycles. The Bertz CT molecular complexity index is 1200. The van der Waals surface area contributed by atoms with Gasteiger partial charge in [-0.2, -0.15) is 0 Å². The number of methoxy groups -OCH3 is 1. The van der Waals surface area contributed by atoms with Gasteiger partial charge in [0.15, 0.2) is 0 Å². The average molecular weight is 464 g/mol. The number of hydrogen-bond acceptors (Lipinski definition) is 5. The maximum absolute atomic E-state index is 13.2. The van der Waals surface area contributed by atoms with Crippen LogP contribution < -0.4 is 15.4 Å². The maximum atomic E-state index is 13.2. The molecule has 8 heteroatoms. The van der Waals surface area contributed by atoms with Gasteiger partial charge in [0.1, 0.15) is 17.3 Å². The van der Waals surface area contributed by atoms with Gasteiger partial charge < -0.3 is 25.6 Å². The molecule has 0 saturated carbocycles. The van der Waals surface area contributed by atoms with Crippen molar-refractivity contribution in [1.29, 1.82) is 0 Å². The van der Waals surface area contributed by atoms with Crippen molar-refractivity contribution in [2.24, 2.45) is 11.7 Å². The van der Waals surface area contributed by atoms with Gasteiger partial charge in [-0.1, -0.05) is 12.1 Å². The van der Waals surface area contributed by atoms with Crippen LogP contribution in [0.2, 0.25) is 0 Å². The van der Waals surface area contributed by atoms with Gasteiger partial charge in [0.2, 0.25) is 11.8 Å². The third-order valence-corrected chi connectivity index (χ3v) is 6.21. The number of halogens is 1. The molecule has 0 aromatic heterocycles. The zero-order valence-corrected chi connectivity index (χ0v) is 18.5. The van der Waals surface area contributed by atoms with E-state index in [1.165, 1.54) is 37.4 Å². The lowest BCUT2D eigenvalue weighted by Gasteiger charge is -2.48. The number of amides is 2. The van der Waals surface area contributed by atoms with E-state index < -0.39 is 29.8 Å². The van der Waals surface area contributed by atoms with Gasteiger partial charge in [-0.25, -0.2) is 4.39 Å². The van der Waals surface area contributed by atoms with E-state index in [2.05, 4.69) is 0 Å². The van der Waals surface area contributed by atoms with Gasteiger partial charge in [-0.15, -0.1) is 0 Å². The van der Waals surface area contributed by atoms with Crippen LogP contribution in [0.1, 0.15) is 46.5 Å². The van der Waals surface area contributed by atoms with Crippen molar-refractivity contribution in [3.8, 4) is 11.5 Å². The number of benzene rings is 3. The summed E-state index contributed by atoms with van der Waals surface area (Å²) in [6.45, 7) is 0. The Morgan fingerprint density at radius 2 is 1.79 bits per heavy atom. The lowest BCUT2D eigenvalue weighted by atomic mass is 9.78. The molecule has 0 spiro atoms. The number of carbonyl (C=O) groups excluding carboxylic acids is 2. The lowest BCUT2D eigenvalue weighted by Crippen LogP contribution is -2.55. The van der Waals surface area contributed by atoms with Crippen LogP contribution in [0.5, 0.6) is 11.5 Å². The zero-order valence-electron chi connectivity index (χ0n) is 18.5. The molecule has 176 valence electrons. The number of aliphatic hydroxyl groups excluding tert-OH is 1. The smallest absolute Gasteiger partial charge is 0.248 e. The predicted molar refractivity (Wildman–Crippen MR) is 124 cm³/mol. The minimum Gasteiger partial charge on any atom is -0.507 e. The number of ether oxygens (including phenoxy) is 1. The number of hydrogen-bond donors (Lipinski definition) is 3. The second kappa shape index (κ2) is 9.52. The van der Waals surface area contributed by atoms with E-state index in [1.54, 1.807) is 41.3 Å². The number of primary amides is 1. The molecular weight excluding hydrogens is 439 g/mol. The molecule has 4 N–H and O–H groups in total. The summed E-state index contributed by atoms with van der Waals surface area (Å²) in [5, 5.41) is 21.2. The highest BCUT2D eigenvalue weighted by Gasteiger charge is 2.49. The number of aromatic hydroxyl groups is 1. The summed E-state index contributed by atoms with van der Waals surface area (Å²) in [5.41, 5.74) is 7.30. The molecule has 1 fully saturated rings. The minimum atomic E-state index is -0.859. The average Bonchev–Trinajstić information content (AvgIpc) is 2.83. The van der Waals surface area contributed by atoms with E-state index >= 15 is 0 Å². The molecule has 0 radical (unpaired) electrons. The van der Waals surface area contributed by atoms with Crippen LogP contribution in [0.15, 0.2) is 66.7 Å². The lowest BCUT2D eigenvalue weighted by molar-refractivity contribution is -0.131. The molecule has 34 heavy (non-hydrogen) atoms. The SMILES string of the molecule is COc1ccc(C2C(CCC(O)c3ccc(F)cc3)C(=O)N2c2ccc(C(N)=O)cc2)c(O)c1. The maximum Gasteiger partial charge on any atom is 0.248 e. The molecule has 7 nitrogen and oxygen atoms in total. The highest BCUT2D eigenvalue weighted by molar-refractivity contribution is 6.04. The Hall–Kier alpha value is -3.91. The first-order chi connectivity index (χ1) is 16.3. The van der Waals surface area contributed by atoms with Crippen LogP contribution in [0.4, 0.5) is 10.1 Å². The number of aliphatic hydroxyl groups is 1. The number of rotatable bonds is 8. The molecule has 3 aromatic carbocycles. The van der Waals surface area contributed by atoms with Gasteiger partial charge in [0, 0.05) is 22.9 Å². The van der Waals surface area contributed by atoms with Gasteiger partial charge in [-0.05, 0) is 66.9 Å². The zero-order chi connectivity index (χ0) is 24.4. The fourth-order valence-electron chi connectivity index (χ4n) is 4.35. The quantitative estimate of drug-likeness (QED) is 0.438. The van der Waals surface area contributed by atoms with Crippen molar-refractivity contribution in [3.63, 3.8) is 0 Å². The van der Waals surface area contributed by atoms with Crippen molar-refractivity contribution < 1.29 is 28.9 Å². The second-order valence-electron chi connectivity index (χ2n) is 8.24. The number of carbonyl (C=O) groups is 2. The normalized spacial score (nSPS) is 18.3. The first-order valence-electron chi connectivity index (χ1n) is 10.8. The standard InChI is InChI=1S/C26H25FN2O5/c1-34-19-10-11-20(23(31)14-19)24-21(12-13-22(30)15-2-6-17(27)7-3-15)26(33)29(24)18-8-4-16(5-9-18)25(28)32/h2-11,14,21-22,24,30-31H,12-13H2,1H3,(H2,28,32). The fourth-order valence-corrected chi connectivity index (χ4v) is 4.35. The number of β-lactam (4-membered cyclic amide) rings is 1. The molecular formula is C26H25FN2O5. The molecule has 3 aromatic rings. The molecule has 3 atom stereocenters. The van der Waals surface area contributed by atoms with E-state index in [1.807, 2.05) is 0 Å². The third-order valence-electron chi connectivity index (χ3n) is 6.21. The number of phenolic OH excluding ortho intramolecular Hbond substituents is 1. The molecule has 0 bridgehead atoms. The molecule has 1 heterocycles. The Kier molecular flexibility index (Phi) is 6.51. The number of nitrogens with zero attached hydrogens (tertiary/aromatic N) is 1. The van der Waals surface area contributed by atoms with E-state index in [0.717, 1.165) is 0 Å². The summed E-state index contributed by atoms with van der Waals surface area (Å²) in [7, 11) is 1.49. The number of anilines is 1. The van der Waals surface area contributed by atoms with Gasteiger partial charge in [-0.3, -0.25) is 9.59 Å². The Morgan fingerprint density at radius 3 is 2.38 bits per heavy atom. The summed E-state index contributed by atoms with van der Waals surface area (Å²) in [6.07, 6.45) is -0.227. The summed E-state index contributed by atoms with van der Waals surface area (Å²) in [6, 6.07) is 16.4. The van der Waals surface area contributed by atoms with Crippen molar-refractivity contribution in [1.82, 2.24) is 0 Å². The summed E-state index contributed by atoms with van der Waals surface area (Å²) in [5.74, 6) is -1.16. The largest absolute Gasteiger partial charge is 0.507 e. The van der Waals surface area contributed by atoms with Crippen LogP contribution in [0, 0.1) is 11.7 Å². The van der Waals surface area contributed by atoms with Crippen molar-refractivity contribution in [3.05, 3.63) is 89.2 Å². The monoisotopic (exact) mass is 464 g/mol. The van der Waals surface area contributed by atoms with Gasteiger partial charge in [0.25, 0.3) is 0 Å². The van der Waals surface area contributed by atoms with E-state index in [0.29, 0.717) is 34.5 Å². The van der Waals surface area contributed by atoms with Crippen molar-refractivity contribution >= 4 is 17.5 Å². The van der Waals surface area contributed by atoms with E-state index in [4.69, 9.17) is 10.5 Å². The third kappa shape index (κ3) is 4.45. The van der Waals surface area contributed by atoms with Crippen molar-refractivity contribution in [2.45, 2.75) is 25.0 Å². The molecule has 2 amide bonds. The van der Waals surface area contributed by atoms with Crippen molar-refractivity contribution in [2.75, 3.05) is 12.0 Å². The number of nitrogens with two attached hydrogens (primary N) is 1. The first-order valence-corrected chi connectivity index (χ1v) is 10.8. The highest BCUT2D eigenvalue weighted by Crippen LogP contribution is 2.49. The van der Waals surface area contributed by atoms with Crippen LogP contribution in [-0.2, 0) is 4.79 Å². The van der Waals surface area contributed by atoms with Crippen LogP contribution in [-0.4, -0.2) is 29.1 Å². The Morgan fingerprint density at radius 1 is 1.12 bits per heavy atom. The Labute approximate surface area is 196 Å². The summed E-state index contributed by atoms with van der Waals surface area (Å²) < 4.78 is 18.4. The molecule has 1 saturated heterocycles. The van der Waals surface area contributed by atoms with E-state index in [9.17, 15) is 24.2 Å². The first kappa shape index (κ1) is 23.3. The molecule has 1 aliphatic rings. The molecule has 3 unspecified atom stereocenters. The highest BCUT2D eigenvalue weighted by atomic mass is 19.1. The fraction of sp³-hybridized carbons (Fsp3) is 0.231. The molecule has 0 aliphatic carbocycles. The van der Waals surface area contributed by atoms with E-state index in [-0.39, 0.29) is 18.1 Å². The van der Waals surface area contributed by atoms with Crippen LogP contribution in [0.25, 0.3) is 0 Å². The van der Waals surface area contributed by atoms with Gasteiger partial charge in [0.05, 0.1) is 25.2 Å². The summed E-state index contributed by atoms with van der Waals surface area (Å²) >= 11 is 0. The Balaban J connectivity index is 1.60. The number of phenols is 1. The van der Waals surface area contributed by atoms with Gasteiger partial charge >= 0.3 is 0 Å². The summed E-state index contributed by atoms with van der Waals surface area (Å²) in [4.78, 5) is 26.2. The second-order valence-corrected chi connectivity index (χ2v) is 8.24. The molecule has 4 rings (SSSR count). The van der Waals surface area contributed by atoms with Crippen LogP contribution in [0.3, 0.4) is 0 Å². The topological polar surface area (TPSA) is 113 Å².